The van der Waals surface area contributed by atoms with Crippen molar-refractivity contribution < 1.29 is 14.3 Å². The van der Waals surface area contributed by atoms with Gasteiger partial charge in [0.25, 0.3) is 5.91 Å². The second kappa shape index (κ2) is 5.01. The maximum absolute atomic E-state index is 11.8. The molecule has 18 heavy (non-hydrogen) atoms. The molecule has 0 bridgehead atoms. The molecule has 0 fully saturated rings. The van der Waals surface area contributed by atoms with Gasteiger partial charge in [-0.1, -0.05) is 18.2 Å². The first-order valence-electron chi connectivity index (χ1n) is 5.56. The molecule has 94 valence electrons. The average Bonchev–Trinajstić information content (AvgIpc) is 2.37. The monoisotopic (exact) mass is 247 g/mol. The van der Waals surface area contributed by atoms with Gasteiger partial charge >= 0.3 is 5.63 Å². The number of carbonyl (C=O) groups is 1. The van der Waals surface area contributed by atoms with Crippen LogP contribution in [0.1, 0.15) is 17.3 Å². The minimum Gasteiger partial charge on any atom is -0.422 e. The van der Waals surface area contributed by atoms with Crippen LogP contribution >= 0.6 is 0 Å². The van der Waals surface area contributed by atoms with Crippen molar-refractivity contribution >= 4 is 16.9 Å². The van der Waals surface area contributed by atoms with E-state index < -0.39 is 17.6 Å². The first kappa shape index (κ1) is 12.3. The van der Waals surface area contributed by atoms with E-state index in [1.165, 1.54) is 6.07 Å². The number of hydrogen-bond donors (Lipinski definition) is 2. The Kier molecular flexibility index (Phi) is 3.43. The molecular weight excluding hydrogens is 234 g/mol. The van der Waals surface area contributed by atoms with Gasteiger partial charge in [0.1, 0.15) is 11.1 Å². The molecule has 2 rings (SSSR count). The van der Waals surface area contributed by atoms with Crippen LogP contribution in [0.3, 0.4) is 0 Å². The van der Waals surface area contributed by atoms with Crippen molar-refractivity contribution in [1.82, 2.24) is 5.32 Å². The number of carbonyl (C=O) groups excluding carboxylic acids is 1. The smallest absolute Gasteiger partial charge is 0.349 e. The number of amides is 1. The van der Waals surface area contributed by atoms with E-state index in [1.807, 2.05) is 0 Å². The van der Waals surface area contributed by atoms with Gasteiger partial charge in [0.05, 0.1) is 6.61 Å². The van der Waals surface area contributed by atoms with Crippen LogP contribution in [-0.4, -0.2) is 23.7 Å². The lowest BCUT2D eigenvalue weighted by Crippen LogP contribution is -2.37. The third-order valence-corrected chi connectivity index (χ3v) is 2.54. The summed E-state index contributed by atoms with van der Waals surface area (Å²) in [7, 11) is 0. The number of para-hydroxylation sites is 1. The van der Waals surface area contributed by atoms with Crippen LogP contribution < -0.4 is 10.9 Å². The number of fused-ring (bicyclic) bond motifs is 1. The fraction of sp³-hybridized carbons (Fsp3) is 0.231. The Bertz CT molecular complexity index is 632. The molecule has 1 aromatic carbocycles. The second-order valence-corrected chi connectivity index (χ2v) is 4.04. The summed E-state index contributed by atoms with van der Waals surface area (Å²) in [6, 6.07) is 8.03. The highest BCUT2D eigenvalue weighted by molar-refractivity contribution is 5.96. The summed E-state index contributed by atoms with van der Waals surface area (Å²) in [6.07, 6.45) is 0. The lowest BCUT2D eigenvalue weighted by Gasteiger charge is -2.10. The summed E-state index contributed by atoms with van der Waals surface area (Å²) in [5, 5.41) is 12.0. The van der Waals surface area contributed by atoms with Gasteiger partial charge in [0.2, 0.25) is 0 Å². The van der Waals surface area contributed by atoms with Crippen LogP contribution in [0.5, 0.6) is 0 Å². The van der Waals surface area contributed by atoms with E-state index in [2.05, 4.69) is 5.32 Å². The molecule has 1 atom stereocenters. The molecule has 5 heteroatoms. The summed E-state index contributed by atoms with van der Waals surface area (Å²) in [5.74, 6) is -0.545. The normalized spacial score (nSPS) is 12.3. The summed E-state index contributed by atoms with van der Waals surface area (Å²) >= 11 is 0. The van der Waals surface area contributed by atoms with E-state index in [1.54, 1.807) is 31.2 Å². The zero-order valence-electron chi connectivity index (χ0n) is 9.84. The highest BCUT2D eigenvalue weighted by Gasteiger charge is 2.15. The van der Waals surface area contributed by atoms with Crippen molar-refractivity contribution in [1.29, 1.82) is 0 Å². The predicted molar refractivity (Wildman–Crippen MR) is 66.5 cm³/mol. The van der Waals surface area contributed by atoms with Crippen molar-refractivity contribution in [3.05, 3.63) is 46.3 Å². The number of nitrogens with one attached hydrogen (secondary N) is 1. The molecule has 5 nitrogen and oxygen atoms in total. The van der Waals surface area contributed by atoms with Gasteiger partial charge in [0.15, 0.2) is 0 Å². The van der Waals surface area contributed by atoms with E-state index in [-0.39, 0.29) is 12.2 Å². The van der Waals surface area contributed by atoms with Gasteiger partial charge in [0, 0.05) is 11.4 Å². The maximum Gasteiger partial charge on any atom is 0.349 e. The van der Waals surface area contributed by atoms with Crippen LogP contribution in [0.4, 0.5) is 0 Å². The molecule has 0 saturated heterocycles. The van der Waals surface area contributed by atoms with Gasteiger partial charge in [-0.15, -0.1) is 0 Å². The number of aliphatic hydroxyl groups is 1. The lowest BCUT2D eigenvalue weighted by molar-refractivity contribution is 0.0919. The molecule has 0 aliphatic rings. The van der Waals surface area contributed by atoms with E-state index in [0.717, 1.165) is 0 Å². The Morgan fingerprint density at radius 2 is 2.17 bits per heavy atom. The van der Waals surface area contributed by atoms with Crippen LogP contribution in [0, 0.1) is 0 Å². The number of aliphatic hydroxyl groups excluding tert-OH is 1. The number of hydrogen-bond acceptors (Lipinski definition) is 4. The SMILES string of the molecule is C[C@@H](CO)NC(=O)c1cc2ccccc2oc1=O. The summed E-state index contributed by atoms with van der Waals surface area (Å²) in [6.45, 7) is 1.45. The van der Waals surface area contributed by atoms with Crippen molar-refractivity contribution in [2.75, 3.05) is 6.61 Å². The van der Waals surface area contributed by atoms with Crippen molar-refractivity contribution in [2.45, 2.75) is 13.0 Å². The first-order chi connectivity index (χ1) is 8.61. The topological polar surface area (TPSA) is 79.5 Å². The molecule has 1 aromatic heterocycles. The summed E-state index contributed by atoms with van der Waals surface area (Å²) < 4.78 is 5.05. The fourth-order valence-corrected chi connectivity index (χ4v) is 1.57. The first-order valence-corrected chi connectivity index (χ1v) is 5.56. The Labute approximate surface area is 103 Å². The van der Waals surface area contributed by atoms with E-state index in [9.17, 15) is 9.59 Å². The maximum atomic E-state index is 11.8. The molecule has 2 N–H and O–H groups in total. The van der Waals surface area contributed by atoms with Crippen molar-refractivity contribution in [2.24, 2.45) is 0 Å². The highest BCUT2D eigenvalue weighted by atomic mass is 16.4. The van der Waals surface area contributed by atoms with E-state index >= 15 is 0 Å². The van der Waals surface area contributed by atoms with Crippen LogP contribution in [0.2, 0.25) is 0 Å². The van der Waals surface area contributed by atoms with Gasteiger partial charge in [-0.3, -0.25) is 4.79 Å². The predicted octanol–water partition coefficient (Wildman–Crippen LogP) is 0.904. The van der Waals surface area contributed by atoms with Crippen molar-refractivity contribution in [3.8, 4) is 0 Å². The Hall–Kier alpha value is -2.14. The molecule has 0 radical (unpaired) electrons. The molecule has 1 heterocycles. The van der Waals surface area contributed by atoms with Crippen LogP contribution in [0.15, 0.2) is 39.5 Å². The molecular formula is C13H13NO4. The molecule has 0 saturated carbocycles. The molecule has 0 unspecified atom stereocenters. The lowest BCUT2D eigenvalue weighted by atomic mass is 10.1. The quantitative estimate of drug-likeness (QED) is 0.790. The summed E-state index contributed by atoms with van der Waals surface area (Å²) in [5.41, 5.74) is -0.306. The molecule has 1 amide bonds. The molecule has 0 spiro atoms. The third-order valence-electron chi connectivity index (χ3n) is 2.54. The van der Waals surface area contributed by atoms with Crippen molar-refractivity contribution in [3.63, 3.8) is 0 Å². The van der Waals surface area contributed by atoms with Gasteiger partial charge in [-0.25, -0.2) is 4.79 Å². The minimum absolute atomic E-state index is 0.0611. The Morgan fingerprint density at radius 1 is 1.44 bits per heavy atom. The third kappa shape index (κ3) is 2.41. The zero-order valence-corrected chi connectivity index (χ0v) is 9.84. The largest absolute Gasteiger partial charge is 0.422 e. The molecule has 2 aromatic rings. The minimum atomic E-state index is -0.684. The van der Waals surface area contributed by atoms with E-state index in [4.69, 9.17) is 9.52 Å². The standard InChI is InChI=1S/C13H13NO4/c1-8(7-15)14-12(16)10-6-9-4-2-3-5-11(9)18-13(10)17/h2-6,8,15H,7H2,1H3,(H,14,16)/t8-/m0/s1. The van der Waals surface area contributed by atoms with Gasteiger partial charge in [-0.2, -0.15) is 0 Å². The zero-order chi connectivity index (χ0) is 13.1. The van der Waals surface area contributed by atoms with Gasteiger partial charge in [-0.05, 0) is 19.1 Å². The number of rotatable bonds is 3. The highest BCUT2D eigenvalue weighted by Crippen LogP contribution is 2.12. The van der Waals surface area contributed by atoms with Crippen LogP contribution in [-0.2, 0) is 0 Å². The average molecular weight is 247 g/mol. The molecule has 0 aliphatic carbocycles. The van der Waals surface area contributed by atoms with Crippen LogP contribution in [0.25, 0.3) is 11.0 Å². The fourth-order valence-electron chi connectivity index (χ4n) is 1.57. The Balaban J connectivity index is 2.42. The second-order valence-electron chi connectivity index (χ2n) is 4.04. The molecule has 0 aliphatic heterocycles. The Morgan fingerprint density at radius 3 is 2.89 bits per heavy atom. The van der Waals surface area contributed by atoms with Gasteiger partial charge < -0.3 is 14.8 Å². The number of benzene rings is 1. The summed E-state index contributed by atoms with van der Waals surface area (Å²) in [4.78, 5) is 23.5. The van der Waals surface area contributed by atoms with E-state index in [0.29, 0.717) is 11.0 Å².